The average molecular weight is 422 g/mol. The van der Waals surface area contributed by atoms with Gasteiger partial charge < -0.3 is 19.8 Å². The van der Waals surface area contributed by atoms with E-state index in [-0.39, 0.29) is 30.0 Å². The van der Waals surface area contributed by atoms with Crippen LogP contribution in [0.15, 0.2) is 27.8 Å². The molecule has 0 amide bonds. The summed E-state index contributed by atoms with van der Waals surface area (Å²) in [7, 11) is 0. The van der Waals surface area contributed by atoms with E-state index in [0.717, 1.165) is 31.9 Å². The van der Waals surface area contributed by atoms with Crippen LogP contribution < -0.4 is 5.73 Å². The van der Waals surface area contributed by atoms with Crippen molar-refractivity contribution in [2.75, 3.05) is 45.9 Å². The predicted molar refractivity (Wildman–Crippen MR) is 98.7 cm³/mol. The fraction of sp³-hybridized carbons (Fsp3) is 0.667. The molecule has 0 spiro atoms. The minimum Gasteiger partial charge on any atom is -0.468 e. The molecule has 2 rings (SSSR count). The molecule has 1 aliphatic rings. The Kier molecular flexibility index (Phi) is 8.81. The van der Waals surface area contributed by atoms with Gasteiger partial charge in [-0.3, -0.25) is 9.89 Å². The molecule has 0 bridgehead atoms. The molecule has 1 aromatic heterocycles. The lowest BCUT2D eigenvalue weighted by Gasteiger charge is -2.29. The van der Waals surface area contributed by atoms with Crippen molar-refractivity contribution in [3.8, 4) is 0 Å². The molecule has 126 valence electrons. The zero-order valence-electron chi connectivity index (χ0n) is 13.4. The summed E-state index contributed by atoms with van der Waals surface area (Å²) in [6.45, 7) is 9.87. The highest BCUT2D eigenvalue weighted by molar-refractivity contribution is 14.0. The van der Waals surface area contributed by atoms with Crippen LogP contribution in [0, 0.1) is 0 Å². The van der Waals surface area contributed by atoms with Crippen molar-refractivity contribution in [2.45, 2.75) is 19.9 Å². The largest absolute Gasteiger partial charge is 0.468 e. The van der Waals surface area contributed by atoms with Gasteiger partial charge in [-0.05, 0) is 25.2 Å². The number of halogens is 1. The molecule has 0 aromatic carbocycles. The Morgan fingerprint density at radius 2 is 2.05 bits per heavy atom. The lowest BCUT2D eigenvalue weighted by molar-refractivity contribution is 0.0673. The predicted octanol–water partition coefficient (Wildman–Crippen LogP) is 1.93. The lowest BCUT2D eigenvalue weighted by atomic mass is 10.2. The van der Waals surface area contributed by atoms with Crippen LogP contribution in [-0.2, 0) is 4.74 Å². The number of nitrogens with zero attached hydrogens (tertiary/aromatic N) is 3. The molecule has 2 heterocycles. The molecule has 6 nitrogen and oxygen atoms in total. The Labute approximate surface area is 149 Å². The molecular weight excluding hydrogens is 395 g/mol. The molecule has 2 N–H and O–H groups in total. The molecule has 1 atom stereocenters. The van der Waals surface area contributed by atoms with E-state index in [9.17, 15) is 0 Å². The van der Waals surface area contributed by atoms with Crippen LogP contribution in [0.3, 0.4) is 0 Å². The number of furan rings is 1. The Morgan fingerprint density at radius 3 is 2.59 bits per heavy atom. The molecule has 7 heteroatoms. The van der Waals surface area contributed by atoms with E-state index in [1.54, 1.807) is 6.26 Å². The minimum atomic E-state index is 0. The second kappa shape index (κ2) is 10.1. The first kappa shape index (κ1) is 19.2. The zero-order valence-corrected chi connectivity index (χ0v) is 15.7. The smallest absolute Gasteiger partial charge is 0.191 e. The highest BCUT2D eigenvalue weighted by Crippen LogP contribution is 2.21. The van der Waals surface area contributed by atoms with Crippen molar-refractivity contribution in [1.82, 2.24) is 9.80 Å². The number of hydrogen-bond acceptors (Lipinski definition) is 4. The van der Waals surface area contributed by atoms with E-state index in [4.69, 9.17) is 14.9 Å². The van der Waals surface area contributed by atoms with E-state index in [2.05, 4.69) is 28.6 Å². The molecule has 0 radical (unpaired) electrons. The molecule has 1 fully saturated rings. The Morgan fingerprint density at radius 1 is 1.36 bits per heavy atom. The van der Waals surface area contributed by atoms with E-state index in [1.807, 2.05) is 12.1 Å². The fourth-order valence-electron chi connectivity index (χ4n) is 2.60. The first-order chi connectivity index (χ1) is 10.3. The van der Waals surface area contributed by atoms with Crippen molar-refractivity contribution in [2.24, 2.45) is 10.7 Å². The zero-order chi connectivity index (χ0) is 15.1. The Bertz CT molecular complexity index is 429. The molecular formula is C15H27IN4O2. The maximum Gasteiger partial charge on any atom is 0.191 e. The van der Waals surface area contributed by atoms with Gasteiger partial charge in [0.05, 0.1) is 32.1 Å². The highest BCUT2D eigenvalue weighted by atomic mass is 127. The van der Waals surface area contributed by atoms with Crippen molar-refractivity contribution < 1.29 is 9.15 Å². The summed E-state index contributed by atoms with van der Waals surface area (Å²) in [6, 6.07) is 4.05. The van der Waals surface area contributed by atoms with Gasteiger partial charge in [-0.1, -0.05) is 13.8 Å². The maximum absolute atomic E-state index is 6.10. The summed E-state index contributed by atoms with van der Waals surface area (Å²) in [5.74, 6) is 1.54. The summed E-state index contributed by atoms with van der Waals surface area (Å²) >= 11 is 0. The number of guanidine groups is 1. The number of ether oxygens (including phenoxy) is 1. The van der Waals surface area contributed by atoms with Gasteiger partial charge in [0.1, 0.15) is 5.76 Å². The van der Waals surface area contributed by atoms with Gasteiger partial charge in [-0.2, -0.15) is 0 Å². The molecule has 1 saturated heterocycles. The van der Waals surface area contributed by atoms with E-state index < -0.39 is 0 Å². The van der Waals surface area contributed by atoms with Gasteiger partial charge >= 0.3 is 0 Å². The molecule has 0 aliphatic carbocycles. The van der Waals surface area contributed by atoms with Crippen LogP contribution in [-0.4, -0.2) is 61.7 Å². The monoisotopic (exact) mass is 422 g/mol. The molecule has 1 aromatic rings. The topological polar surface area (TPSA) is 67.2 Å². The molecule has 0 saturated carbocycles. The number of morpholine rings is 1. The normalized spacial score (nSPS) is 17.4. The van der Waals surface area contributed by atoms with E-state index in [1.165, 1.54) is 0 Å². The number of aliphatic imine (C=N–C) groups is 1. The van der Waals surface area contributed by atoms with Crippen LogP contribution in [0.5, 0.6) is 0 Å². The quantitative estimate of drug-likeness (QED) is 0.431. The molecule has 22 heavy (non-hydrogen) atoms. The van der Waals surface area contributed by atoms with Crippen LogP contribution in [0.25, 0.3) is 0 Å². The van der Waals surface area contributed by atoms with Gasteiger partial charge in [0.2, 0.25) is 0 Å². The summed E-state index contributed by atoms with van der Waals surface area (Å²) in [5.41, 5.74) is 6.10. The van der Waals surface area contributed by atoms with Gasteiger partial charge in [0.25, 0.3) is 0 Å². The summed E-state index contributed by atoms with van der Waals surface area (Å²) in [5, 5.41) is 0. The standard InChI is InChI=1S/C15H26N4O2.HI/c1-3-18(4-2)13(14-6-5-9-21-14)12-17-15(16)19-7-10-20-11-8-19;/h5-6,9,13H,3-4,7-8,10-12H2,1-2H3,(H2,16,17);1H. The van der Waals surface area contributed by atoms with Crippen molar-refractivity contribution in [3.63, 3.8) is 0 Å². The van der Waals surface area contributed by atoms with Crippen LogP contribution in [0.1, 0.15) is 25.6 Å². The average Bonchev–Trinajstić information content (AvgIpc) is 3.06. The van der Waals surface area contributed by atoms with Crippen LogP contribution >= 0.6 is 24.0 Å². The van der Waals surface area contributed by atoms with Crippen LogP contribution in [0.4, 0.5) is 0 Å². The molecule has 1 aliphatic heterocycles. The molecule has 1 unspecified atom stereocenters. The fourth-order valence-corrected chi connectivity index (χ4v) is 2.60. The van der Waals surface area contributed by atoms with Gasteiger partial charge in [0.15, 0.2) is 5.96 Å². The summed E-state index contributed by atoms with van der Waals surface area (Å²) in [6.07, 6.45) is 1.71. The van der Waals surface area contributed by atoms with Crippen molar-refractivity contribution in [3.05, 3.63) is 24.2 Å². The first-order valence-electron chi connectivity index (χ1n) is 7.66. The third-order valence-electron chi connectivity index (χ3n) is 3.89. The van der Waals surface area contributed by atoms with E-state index >= 15 is 0 Å². The second-order valence-electron chi connectivity index (χ2n) is 5.05. The lowest BCUT2D eigenvalue weighted by Crippen LogP contribution is -2.45. The highest BCUT2D eigenvalue weighted by Gasteiger charge is 2.21. The van der Waals surface area contributed by atoms with Gasteiger partial charge in [-0.25, -0.2) is 0 Å². The Hall–Kier alpha value is -0.800. The third-order valence-corrected chi connectivity index (χ3v) is 3.89. The first-order valence-corrected chi connectivity index (χ1v) is 7.66. The van der Waals surface area contributed by atoms with Crippen molar-refractivity contribution >= 4 is 29.9 Å². The SMILES string of the molecule is CCN(CC)C(CN=C(N)N1CCOCC1)c1ccco1.I. The van der Waals surface area contributed by atoms with Gasteiger partial charge in [-0.15, -0.1) is 24.0 Å². The van der Waals surface area contributed by atoms with E-state index in [0.29, 0.717) is 25.7 Å². The third kappa shape index (κ3) is 5.13. The number of likely N-dealkylation sites (N-methyl/N-ethyl adjacent to an activating group) is 1. The van der Waals surface area contributed by atoms with Gasteiger partial charge in [0, 0.05) is 13.1 Å². The Balaban J connectivity index is 0.00000242. The number of rotatable bonds is 6. The summed E-state index contributed by atoms with van der Waals surface area (Å²) < 4.78 is 10.9. The number of nitrogens with two attached hydrogens (primary N) is 1. The van der Waals surface area contributed by atoms with Crippen LogP contribution in [0.2, 0.25) is 0 Å². The van der Waals surface area contributed by atoms with Crippen molar-refractivity contribution in [1.29, 1.82) is 0 Å². The minimum absolute atomic E-state index is 0. The summed E-state index contributed by atoms with van der Waals surface area (Å²) in [4.78, 5) is 8.99. The second-order valence-corrected chi connectivity index (χ2v) is 5.05. The number of hydrogen-bond donors (Lipinski definition) is 1. The maximum atomic E-state index is 6.10.